The predicted molar refractivity (Wildman–Crippen MR) is 130 cm³/mol. The van der Waals surface area contributed by atoms with Gasteiger partial charge in [-0.25, -0.2) is 5.01 Å². The number of carbonyl (C=O) groups excluding carboxylic acids is 1. The van der Waals surface area contributed by atoms with Crippen molar-refractivity contribution >= 4 is 35.1 Å². The van der Waals surface area contributed by atoms with Crippen molar-refractivity contribution in [3.63, 3.8) is 0 Å². The number of nitrogens with zero attached hydrogens (tertiary/aromatic N) is 6. The van der Waals surface area contributed by atoms with Gasteiger partial charge in [-0.3, -0.25) is 10.2 Å². The molecule has 5 N–H and O–H groups in total. The maximum atomic E-state index is 14.0. The van der Waals surface area contributed by atoms with E-state index in [9.17, 15) is 13.6 Å². The van der Waals surface area contributed by atoms with E-state index in [1.807, 2.05) is 4.90 Å². The number of nitrogens with one attached hydrogen (secondary N) is 3. The van der Waals surface area contributed by atoms with Gasteiger partial charge in [0.15, 0.2) is 0 Å². The predicted octanol–water partition coefficient (Wildman–Crippen LogP) is 1.42. The lowest BCUT2D eigenvalue weighted by atomic mass is 9.91. The Morgan fingerprint density at radius 1 is 1.08 bits per heavy atom. The number of anilines is 5. The summed E-state index contributed by atoms with van der Waals surface area (Å²) in [6.07, 6.45) is 3.17. The Kier molecular flexibility index (Phi) is 7.25. The number of halogens is 2. The molecule has 1 aromatic carbocycles. The maximum absolute atomic E-state index is 14.0. The Morgan fingerprint density at radius 3 is 2.50 bits per heavy atom. The van der Waals surface area contributed by atoms with Crippen LogP contribution in [-0.2, 0) is 9.53 Å². The highest BCUT2D eigenvalue weighted by atomic mass is 19.3. The molecule has 3 aliphatic rings. The summed E-state index contributed by atoms with van der Waals surface area (Å²) in [4.78, 5) is 27.3. The number of hydrogen-bond donors (Lipinski definition) is 4. The van der Waals surface area contributed by atoms with Gasteiger partial charge in [0.25, 0.3) is 5.95 Å². The van der Waals surface area contributed by atoms with Crippen LogP contribution in [0.2, 0.25) is 0 Å². The van der Waals surface area contributed by atoms with Gasteiger partial charge in [0.2, 0.25) is 17.8 Å². The molecule has 0 bridgehead atoms. The molecular weight excluding hydrogens is 474 g/mol. The van der Waals surface area contributed by atoms with E-state index in [4.69, 9.17) is 10.5 Å². The van der Waals surface area contributed by atoms with Crippen molar-refractivity contribution in [2.45, 2.75) is 44.3 Å². The highest BCUT2D eigenvalue weighted by Crippen LogP contribution is 2.39. The first-order valence-corrected chi connectivity index (χ1v) is 12.1. The van der Waals surface area contributed by atoms with Gasteiger partial charge in [0.1, 0.15) is 0 Å². The highest BCUT2D eigenvalue weighted by Gasteiger charge is 2.36. The molecule has 2 fully saturated rings. The fourth-order valence-corrected chi connectivity index (χ4v) is 4.65. The molecule has 0 radical (unpaired) electrons. The fraction of sp³-hybridized carbons (Fsp3) is 0.545. The first-order valence-electron chi connectivity index (χ1n) is 12.1. The van der Waals surface area contributed by atoms with Crippen LogP contribution in [0.5, 0.6) is 0 Å². The summed E-state index contributed by atoms with van der Waals surface area (Å²) in [7, 11) is 0. The number of morpholine rings is 1. The molecule has 1 saturated carbocycles. The maximum Gasteiger partial charge on any atom is 0.328 e. The van der Waals surface area contributed by atoms with Crippen LogP contribution < -0.4 is 31.7 Å². The van der Waals surface area contributed by atoms with Crippen LogP contribution >= 0.6 is 0 Å². The quantitative estimate of drug-likeness (QED) is 0.408. The molecule has 2 aromatic rings. The number of para-hydroxylation sites is 2. The number of rotatable bonds is 7. The lowest BCUT2D eigenvalue weighted by Gasteiger charge is -2.31. The normalized spacial score (nSPS) is 22.3. The molecule has 5 rings (SSSR count). The SMILES string of the molecule is NCC(=O)NC1CCC(Nc2nc(N3CCOCC3)nc(N3c4ccccc4NN3C(F)F)n2)CC1. The van der Waals surface area contributed by atoms with Crippen LogP contribution in [0.15, 0.2) is 24.3 Å². The number of nitrogens with two attached hydrogens (primary N) is 1. The van der Waals surface area contributed by atoms with Gasteiger partial charge in [-0.1, -0.05) is 17.3 Å². The Bertz CT molecular complexity index is 1060. The molecule has 14 heteroatoms. The molecule has 3 heterocycles. The minimum absolute atomic E-state index is 0.0275. The molecule has 1 amide bonds. The zero-order chi connectivity index (χ0) is 25.1. The lowest BCUT2D eigenvalue weighted by molar-refractivity contribution is -0.120. The summed E-state index contributed by atoms with van der Waals surface area (Å²) in [5.41, 5.74) is 9.16. The minimum Gasteiger partial charge on any atom is -0.378 e. The Morgan fingerprint density at radius 2 is 1.78 bits per heavy atom. The van der Waals surface area contributed by atoms with Crippen LogP contribution in [0.1, 0.15) is 25.7 Å². The number of alkyl halides is 2. The second-order valence-corrected chi connectivity index (χ2v) is 8.89. The lowest BCUT2D eigenvalue weighted by Crippen LogP contribution is -2.44. The number of hydrazine groups is 2. The number of aromatic nitrogens is 3. The van der Waals surface area contributed by atoms with Gasteiger partial charge >= 0.3 is 6.55 Å². The zero-order valence-corrected chi connectivity index (χ0v) is 19.7. The molecule has 1 aliphatic carbocycles. The molecule has 0 unspecified atom stereocenters. The van der Waals surface area contributed by atoms with Crippen LogP contribution in [-0.4, -0.2) is 77.5 Å². The van der Waals surface area contributed by atoms with Crippen molar-refractivity contribution in [1.29, 1.82) is 0 Å². The first kappa shape index (κ1) is 24.3. The van der Waals surface area contributed by atoms with Crippen molar-refractivity contribution in [3.05, 3.63) is 24.3 Å². The standard InChI is InChI=1S/C22H30F2N10O2/c23-19(24)34-31-16-3-1-2-4-17(16)33(34)22-29-20(28-21(30-22)32-9-11-36-12-10-32)27-15-7-5-14(6-8-15)26-18(35)13-25/h1-4,14-15,19,31H,5-13,25H2,(H,26,35)(H,27,28,29,30). The van der Waals surface area contributed by atoms with Crippen molar-refractivity contribution < 1.29 is 18.3 Å². The van der Waals surface area contributed by atoms with Crippen molar-refractivity contribution in [1.82, 2.24) is 25.4 Å². The van der Waals surface area contributed by atoms with E-state index in [2.05, 4.69) is 31.0 Å². The summed E-state index contributed by atoms with van der Waals surface area (Å²) in [6, 6.07) is 7.14. The number of ether oxygens (including phenoxy) is 1. The van der Waals surface area contributed by atoms with Gasteiger partial charge in [0, 0.05) is 25.2 Å². The van der Waals surface area contributed by atoms with Crippen molar-refractivity contribution in [2.24, 2.45) is 5.73 Å². The Hall–Kier alpha value is -3.36. The molecular formula is C22H30F2N10O2. The molecule has 36 heavy (non-hydrogen) atoms. The number of hydrogen-bond acceptors (Lipinski definition) is 11. The van der Waals surface area contributed by atoms with Crippen LogP contribution in [0.3, 0.4) is 0 Å². The number of carbonyl (C=O) groups is 1. The van der Waals surface area contributed by atoms with E-state index in [0.717, 1.165) is 25.7 Å². The molecule has 0 spiro atoms. The average Bonchev–Trinajstić information content (AvgIpc) is 3.30. The third-order valence-electron chi connectivity index (χ3n) is 6.47. The van der Waals surface area contributed by atoms with Crippen molar-refractivity contribution in [2.75, 3.05) is 53.5 Å². The third-order valence-corrected chi connectivity index (χ3v) is 6.47. The third kappa shape index (κ3) is 5.24. The van der Waals surface area contributed by atoms with E-state index in [1.54, 1.807) is 24.3 Å². The van der Waals surface area contributed by atoms with Gasteiger partial charge in [-0.2, -0.15) is 23.7 Å². The van der Waals surface area contributed by atoms with Gasteiger partial charge < -0.3 is 26.0 Å². The first-order chi connectivity index (χ1) is 17.5. The van der Waals surface area contributed by atoms with Crippen molar-refractivity contribution in [3.8, 4) is 0 Å². The number of benzene rings is 1. The van der Waals surface area contributed by atoms with E-state index in [-0.39, 0.29) is 30.5 Å². The van der Waals surface area contributed by atoms with E-state index >= 15 is 0 Å². The van der Waals surface area contributed by atoms with E-state index < -0.39 is 6.55 Å². The number of fused-ring (bicyclic) bond motifs is 1. The molecule has 2 aliphatic heterocycles. The van der Waals surface area contributed by atoms with Crippen LogP contribution in [0, 0.1) is 0 Å². The highest BCUT2D eigenvalue weighted by molar-refractivity contribution is 5.78. The van der Waals surface area contributed by atoms with E-state index in [0.29, 0.717) is 54.7 Å². The molecule has 194 valence electrons. The summed E-state index contributed by atoms with van der Waals surface area (Å²) in [5, 5.41) is 8.28. The van der Waals surface area contributed by atoms with Gasteiger partial charge in [-0.15, -0.1) is 0 Å². The Balaban J connectivity index is 1.41. The fourth-order valence-electron chi connectivity index (χ4n) is 4.65. The van der Waals surface area contributed by atoms with Gasteiger partial charge in [0.05, 0.1) is 31.1 Å². The molecule has 0 atom stereocenters. The number of amides is 1. The van der Waals surface area contributed by atoms with Gasteiger partial charge in [-0.05, 0) is 37.8 Å². The monoisotopic (exact) mass is 504 g/mol. The molecule has 1 saturated heterocycles. The summed E-state index contributed by atoms with van der Waals surface area (Å²) < 4.78 is 33.4. The summed E-state index contributed by atoms with van der Waals surface area (Å²) >= 11 is 0. The zero-order valence-electron chi connectivity index (χ0n) is 19.7. The Labute approximate surface area is 207 Å². The summed E-state index contributed by atoms with van der Waals surface area (Å²) in [6.45, 7) is -0.638. The van der Waals surface area contributed by atoms with Crippen LogP contribution in [0.25, 0.3) is 0 Å². The molecule has 1 aromatic heterocycles. The second-order valence-electron chi connectivity index (χ2n) is 8.89. The summed E-state index contributed by atoms with van der Waals surface area (Å²) in [5.74, 6) is 0.630. The second kappa shape index (κ2) is 10.7. The smallest absolute Gasteiger partial charge is 0.328 e. The van der Waals surface area contributed by atoms with Crippen LogP contribution in [0.4, 0.5) is 38.0 Å². The van der Waals surface area contributed by atoms with E-state index in [1.165, 1.54) is 5.01 Å². The minimum atomic E-state index is -2.84. The topological polar surface area (TPSA) is 137 Å². The average molecular weight is 505 g/mol. The molecule has 12 nitrogen and oxygen atoms in total. The largest absolute Gasteiger partial charge is 0.378 e.